The fraction of sp³-hybridized carbons (Fsp3) is 0.500. The summed E-state index contributed by atoms with van der Waals surface area (Å²) in [6, 6.07) is 6.65. The van der Waals surface area contributed by atoms with Crippen molar-refractivity contribution in [2.45, 2.75) is 24.7 Å². The minimum atomic E-state index is -0.899. The number of likely N-dealkylation sites (tertiary alicyclic amines) is 1. The maximum Gasteiger partial charge on any atom is 0.235 e. The molecule has 1 amide bonds. The average molecular weight is 249 g/mol. The Morgan fingerprint density at radius 1 is 1.39 bits per heavy atom. The van der Waals surface area contributed by atoms with Crippen molar-refractivity contribution in [2.24, 2.45) is 0 Å². The molecule has 1 aromatic carbocycles. The number of likely N-dealkylation sites (N-methyl/N-ethyl adjacent to an activating group) is 1. The second kappa shape index (κ2) is 4.98. The Bertz CT molecular complexity index is 446. The molecule has 1 aliphatic heterocycles. The van der Waals surface area contributed by atoms with Crippen LogP contribution in [0.15, 0.2) is 24.3 Å². The van der Waals surface area contributed by atoms with Gasteiger partial charge in [0.2, 0.25) is 5.91 Å². The summed E-state index contributed by atoms with van der Waals surface area (Å²) in [7, 11) is 1.76. The van der Waals surface area contributed by atoms with Crippen molar-refractivity contribution in [3.63, 3.8) is 0 Å². The van der Waals surface area contributed by atoms with Crippen LogP contribution in [-0.4, -0.2) is 41.2 Å². The molecular weight excluding hydrogens is 230 g/mol. The third-order valence-corrected chi connectivity index (χ3v) is 3.77. The number of phenols is 1. The third kappa shape index (κ3) is 2.08. The molecule has 0 aliphatic carbocycles. The Hall–Kier alpha value is -1.55. The number of phenolic OH excluding ortho intramolecular Hbond substituents is 1. The standard InChI is InChI=1S/C14H19NO3/c1-15-8-3-2-7-14(10-16,13(15)18)11-5-4-6-12(17)9-11/h4-6,9,16-17H,2-3,7-8,10H2,1H3. The number of carbonyl (C=O) groups excluding carboxylic acids is 1. The summed E-state index contributed by atoms with van der Waals surface area (Å²) in [5.74, 6) is 0.0631. The Morgan fingerprint density at radius 2 is 2.17 bits per heavy atom. The first-order valence-corrected chi connectivity index (χ1v) is 6.26. The number of aromatic hydroxyl groups is 1. The molecule has 1 unspecified atom stereocenters. The lowest BCUT2D eigenvalue weighted by atomic mass is 9.76. The highest BCUT2D eigenvalue weighted by Gasteiger charge is 2.42. The molecule has 1 aromatic rings. The Kier molecular flexibility index (Phi) is 3.57. The zero-order chi connectivity index (χ0) is 13.2. The SMILES string of the molecule is CN1CCCCC(CO)(c2cccc(O)c2)C1=O. The summed E-state index contributed by atoms with van der Waals surface area (Å²) >= 11 is 0. The number of nitrogens with zero attached hydrogens (tertiary/aromatic N) is 1. The number of hydrogen-bond donors (Lipinski definition) is 2. The first-order chi connectivity index (χ1) is 8.60. The van der Waals surface area contributed by atoms with Crippen LogP contribution in [0.25, 0.3) is 0 Å². The van der Waals surface area contributed by atoms with Gasteiger partial charge in [0.25, 0.3) is 0 Å². The Labute approximate surface area is 107 Å². The van der Waals surface area contributed by atoms with Crippen LogP contribution in [0.3, 0.4) is 0 Å². The van der Waals surface area contributed by atoms with E-state index in [1.807, 2.05) is 0 Å². The van der Waals surface area contributed by atoms with E-state index in [1.54, 1.807) is 36.2 Å². The highest BCUT2D eigenvalue weighted by Crippen LogP contribution is 2.35. The van der Waals surface area contributed by atoms with Crippen LogP contribution < -0.4 is 0 Å². The lowest BCUT2D eigenvalue weighted by molar-refractivity contribution is -0.137. The zero-order valence-corrected chi connectivity index (χ0v) is 10.6. The van der Waals surface area contributed by atoms with Gasteiger partial charge in [-0.05, 0) is 30.5 Å². The molecule has 0 spiro atoms. The van der Waals surface area contributed by atoms with E-state index in [-0.39, 0.29) is 18.3 Å². The predicted octanol–water partition coefficient (Wildman–Crippen LogP) is 1.26. The van der Waals surface area contributed by atoms with E-state index < -0.39 is 5.41 Å². The molecule has 0 aromatic heterocycles. The molecule has 1 heterocycles. The summed E-state index contributed by atoms with van der Waals surface area (Å²) in [6.45, 7) is 0.499. The molecule has 2 rings (SSSR count). The molecule has 1 atom stereocenters. The van der Waals surface area contributed by atoms with Crippen LogP contribution in [-0.2, 0) is 10.2 Å². The van der Waals surface area contributed by atoms with Crippen LogP contribution in [0, 0.1) is 0 Å². The molecule has 98 valence electrons. The summed E-state index contributed by atoms with van der Waals surface area (Å²) in [4.78, 5) is 14.2. The fourth-order valence-corrected chi connectivity index (χ4v) is 2.66. The van der Waals surface area contributed by atoms with Gasteiger partial charge in [0.05, 0.1) is 12.0 Å². The fourth-order valence-electron chi connectivity index (χ4n) is 2.66. The van der Waals surface area contributed by atoms with E-state index in [0.29, 0.717) is 12.0 Å². The van der Waals surface area contributed by atoms with Crippen LogP contribution in [0.5, 0.6) is 5.75 Å². The lowest BCUT2D eigenvalue weighted by Gasteiger charge is -2.32. The van der Waals surface area contributed by atoms with Crippen molar-refractivity contribution in [2.75, 3.05) is 20.2 Å². The highest BCUT2D eigenvalue weighted by atomic mass is 16.3. The minimum absolute atomic E-state index is 0.0619. The number of hydrogen-bond acceptors (Lipinski definition) is 3. The quantitative estimate of drug-likeness (QED) is 0.829. The topological polar surface area (TPSA) is 60.8 Å². The van der Waals surface area contributed by atoms with Gasteiger partial charge in [-0.2, -0.15) is 0 Å². The highest BCUT2D eigenvalue weighted by molar-refractivity contribution is 5.88. The second-order valence-electron chi connectivity index (χ2n) is 4.97. The molecule has 0 saturated carbocycles. The predicted molar refractivity (Wildman–Crippen MR) is 68.4 cm³/mol. The van der Waals surface area contributed by atoms with Crippen LogP contribution >= 0.6 is 0 Å². The van der Waals surface area contributed by atoms with Crippen molar-refractivity contribution >= 4 is 5.91 Å². The summed E-state index contributed by atoms with van der Waals surface area (Å²) in [5.41, 5.74) is -0.201. The number of aliphatic hydroxyl groups is 1. The van der Waals surface area contributed by atoms with Gasteiger partial charge in [0.1, 0.15) is 5.75 Å². The molecule has 0 radical (unpaired) electrons. The van der Waals surface area contributed by atoms with Crippen LogP contribution in [0.1, 0.15) is 24.8 Å². The molecule has 1 aliphatic rings. The average Bonchev–Trinajstić information content (AvgIpc) is 2.51. The first-order valence-electron chi connectivity index (χ1n) is 6.26. The smallest absolute Gasteiger partial charge is 0.235 e. The zero-order valence-electron chi connectivity index (χ0n) is 10.6. The molecule has 4 heteroatoms. The van der Waals surface area contributed by atoms with E-state index in [1.165, 1.54) is 0 Å². The van der Waals surface area contributed by atoms with Gasteiger partial charge in [0, 0.05) is 13.6 Å². The van der Waals surface area contributed by atoms with E-state index in [4.69, 9.17) is 0 Å². The number of rotatable bonds is 2. The molecular formula is C14H19NO3. The first kappa shape index (κ1) is 12.9. The lowest BCUT2D eigenvalue weighted by Crippen LogP contribution is -2.46. The second-order valence-corrected chi connectivity index (χ2v) is 4.97. The van der Waals surface area contributed by atoms with E-state index in [2.05, 4.69) is 0 Å². The molecule has 1 fully saturated rings. The van der Waals surface area contributed by atoms with Gasteiger partial charge in [-0.3, -0.25) is 4.79 Å². The van der Waals surface area contributed by atoms with Crippen molar-refractivity contribution < 1.29 is 15.0 Å². The van der Waals surface area contributed by atoms with Crippen molar-refractivity contribution in [1.82, 2.24) is 4.90 Å². The maximum atomic E-state index is 12.5. The molecule has 1 saturated heterocycles. The summed E-state index contributed by atoms with van der Waals surface area (Å²) < 4.78 is 0. The van der Waals surface area contributed by atoms with Crippen molar-refractivity contribution in [3.05, 3.63) is 29.8 Å². The number of amides is 1. The number of aliphatic hydroxyl groups excluding tert-OH is 1. The normalized spacial score (nSPS) is 25.0. The summed E-state index contributed by atoms with van der Waals surface area (Å²) in [6.07, 6.45) is 2.46. The summed E-state index contributed by atoms with van der Waals surface area (Å²) in [5, 5.41) is 19.3. The van der Waals surface area contributed by atoms with E-state index in [9.17, 15) is 15.0 Å². The van der Waals surface area contributed by atoms with Crippen LogP contribution in [0.2, 0.25) is 0 Å². The molecule has 0 bridgehead atoms. The van der Waals surface area contributed by atoms with Gasteiger partial charge in [-0.25, -0.2) is 0 Å². The third-order valence-electron chi connectivity index (χ3n) is 3.77. The molecule has 4 nitrogen and oxygen atoms in total. The van der Waals surface area contributed by atoms with Gasteiger partial charge in [-0.1, -0.05) is 18.6 Å². The number of benzene rings is 1. The van der Waals surface area contributed by atoms with Crippen LogP contribution in [0.4, 0.5) is 0 Å². The number of carbonyl (C=O) groups is 1. The van der Waals surface area contributed by atoms with Gasteiger partial charge in [0.15, 0.2) is 0 Å². The van der Waals surface area contributed by atoms with E-state index in [0.717, 1.165) is 19.4 Å². The largest absolute Gasteiger partial charge is 0.508 e. The van der Waals surface area contributed by atoms with Gasteiger partial charge < -0.3 is 15.1 Å². The maximum absolute atomic E-state index is 12.5. The molecule has 18 heavy (non-hydrogen) atoms. The molecule has 2 N–H and O–H groups in total. The van der Waals surface area contributed by atoms with E-state index >= 15 is 0 Å². The Balaban J connectivity index is 2.48. The monoisotopic (exact) mass is 249 g/mol. The van der Waals surface area contributed by atoms with Crippen molar-refractivity contribution in [1.29, 1.82) is 0 Å². The minimum Gasteiger partial charge on any atom is -0.508 e. The van der Waals surface area contributed by atoms with Gasteiger partial charge >= 0.3 is 0 Å². The van der Waals surface area contributed by atoms with Gasteiger partial charge in [-0.15, -0.1) is 0 Å². The van der Waals surface area contributed by atoms with Crippen molar-refractivity contribution in [3.8, 4) is 5.75 Å². The Morgan fingerprint density at radius 3 is 2.83 bits per heavy atom.